The normalized spacial score (nSPS) is 17.5. The molecule has 1 aromatic heterocycles. The Kier molecular flexibility index (Phi) is 3.29. The van der Waals surface area contributed by atoms with Crippen molar-refractivity contribution in [2.45, 2.75) is 38.6 Å². The molecule has 22 heavy (non-hydrogen) atoms. The van der Waals surface area contributed by atoms with Crippen molar-refractivity contribution in [3.05, 3.63) is 53.2 Å². The van der Waals surface area contributed by atoms with Crippen LogP contribution in [0.4, 0.5) is 5.82 Å². The molecule has 2 aromatic rings. The van der Waals surface area contributed by atoms with Gasteiger partial charge in [-0.1, -0.05) is 30.3 Å². The number of fused-ring (bicyclic) bond motifs is 1. The molecule has 1 aliphatic rings. The molecule has 0 aliphatic carbocycles. The number of carbonyl (C=O) groups excluding carboxylic acids is 1. The molecule has 1 aromatic carbocycles. The van der Waals surface area contributed by atoms with Crippen molar-refractivity contribution in [1.29, 1.82) is 5.26 Å². The van der Waals surface area contributed by atoms with Gasteiger partial charge >= 0.3 is 0 Å². The van der Waals surface area contributed by atoms with E-state index in [4.69, 9.17) is 0 Å². The van der Waals surface area contributed by atoms with E-state index >= 15 is 0 Å². The van der Waals surface area contributed by atoms with Crippen LogP contribution in [0.3, 0.4) is 0 Å². The molecule has 1 N–H and O–H groups in total. The van der Waals surface area contributed by atoms with Crippen molar-refractivity contribution in [2.75, 3.05) is 5.32 Å². The van der Waals surface area contributed by atoms with E-state index in [1.54, 1.807) is 0 Å². The first-order valence-corrected chi connectivity index (χ1v) is 7.42. The Labute approximate surface area is 130 Å². The van der Waals surface area contributed by atoms with Crippen molar-refractivity contribution in [2.24, 2.45) is 0 Å². The Hall–Kier alpha value is -2.54. The van der Waals surface area contributed by atoms with Crippen LogP contribution in [0.2, 0.25) is 0 Å². The van der Waals surface area contributed by atoms with Gasteiger partial charge in [0.15, 0.2) is 0 Å². The van der Waals surface area contributed by atoms with Crippen LogP contribution in [0.15, 0.2) is 36.5 Å². The molecule has 1 amide bonds. The fraction of sp³-hybridized carbons (Fsp3) is 0.333. The monoisotopic (exact) mass is 293 g/mol. The number of hydrogen-bond donors (Lipinski definition) is 1. The molecule has 0 saturated carbocycles. The van der Waals surface area contributed by atoms with E-state index in [-0.39, 0.29) is 17.4 Å². The first-order chi connectivity index (χ1) is 10.4. The van der Waals surface area contributed by atoms with Crippen LogP contribution in [0.25, 0.3) is 0 Å². The minimum absolute atomic E-state index is 0.00515. The summed E-state index contributed by atoms with van der Waals surface area (Å²) < 4.78 is 1.99. The highest BCUT2D eigenvalue weighted by atomic mass is 16.1. The molecule has 3 rings (SSSR count). The van der Waals surface area contributed by atoms with Crippen molar-refractivity contribution >= 4 is 11.7 Å². The topological polar surface area (TPSA) is 57.8 Å². The average Bonchev–Trinajstić information content (AvgIpc) is 2.86. The summed E-state index contributed by atoms with van der Waals surface area (Å²) in [4.78, 5) is 12.2. The third kappa shape index (κ3) is 2.29. The molecule has 0 fully saturated rings. The Morgan fingerprint density at radius 2 is 1.95 bits per heavy atom. The molecule has 4 nitrogen and oxygen atoms in total. The highest BCUT2D eigenvalue weighted by molar-refractivity contribution is 5.95. The largest absolute Gasteiger partial charge is 0.328 e. The Morgan fingerprint density at radius 3 is 2.55 bits per heavy atom. The van der Waals surface area contributed by atoms with Gasteiger partial charge in [-0.05, 0) is 26.3 Å². The molecule has 4 heteroatoms. The first-order valence-electron chi connectivity index (χ1n) is 7.42. The van der Waals surface area contributed by atoms with Gasteiger partial charge in [-0.2, -0.15) is 5.26 Å². The quantitative estimate of drug-likeness (QED) is 0.873. The van der Waals surface area contributed by atoms with Gasteiger partial charge in [-0.25, -0.2) is 0 Å². The highest BCUT2D eigenvalue weighted by Crippen LogP contribution is 2.42. The Bertz CT molecular complexity index is 760. The van der Waals surface area contributed by atoms with Gasteiger partial charge in [0.1, 0.15) is 11.9 Å². The standard InChI is InChI=1S/C18H19N3O/c1-18(2,3)21-11-13(10-19)16-14(9-15(22)20-17(16)21)12-7-5-4-6-8-12/h4-8,11,14H,9H2,1-3H3,(H,20,22)/t14-/m0/s1. The second-order valence-electron chi connectivity index (χ2n) is 6.67. The molecule has 0 radical (unpaired) electrons. The van der Waals surface area contributed by atoms with Gasteiger partial charge in [0, 0.05) is 29.6 Å². The minimum atomic E-state index is -0.203. The molecule has 0 unspecified atom stereocenters. The fourth-order valence-electron chi connectivity index (χ4n) is 3.06. The molecule has 112 valence electrons. The van der Waals surface area contributed by atoms with Crippen LogP contribution in [-0.4, -0.2) is 10.5 Å². The molecule has 0 saturated heterocycles. The Morgan fingerprint density at radius 1 is 1.27 bits per heavy atom. The number of nitrogens with one attached hydrogen (secondary N) is 1. The molecule has 2 heterocycles. The van der Waals surface area contributed by atoms with Gasteiger partial charge in [0.2, 0.25) is 5.91 Å². The van der Waals surface area contributed by atoms with Crippen LogP contribution in [0.5, 0.6) is 0 Å². The second kappa shape index (κ2) is 5.03. The van der Waals surface area contributed by atoms with E-state index in [1.807, 2.05) is 41.1 Å². The number of rotatable bonds is 1. The van der Waals surface area contributed by atoms with E-state index in [1.165, 1.54) is 0 Å². The number of carbonyl (C=O) groups is 1. The number of hydrogen-bond acceptors (Lipinski definition) is 2. The maximum absolute atomic E-state index is 12.2. The summed E-state index contributed by atoms with van der Waals surface area (Å²) in [5.74, 6) is 0.687. The second-order valence-corrected chi connectivity index (χ2v) is 6.67. The zero-order valence-electron chi connectivity index (χ0n) is 13.1. The lowest BCUT2D eigenvalue weighted by atomic mass is 9.85. The number of aromatic nitrogens is 1. The molecule has 0 bridgehead atoms. The van der Waals surface area contributed by atoms with Crippen molar-refractivity contribution in [1.82, 2.24) is 4.57 Å². The lowest BCUT2D eigenvalue weighted by Gasteiger charge is -2.29. The molecule has 1 aliphatic heterocycles. The fourth-order valence-corrected chi connectivity index (χ4v) is 3.06. The number of nitriles is 1. The summed E-state index contributed by atoms with van der Waals surface area (Å²) in [6.45, 7) is 6.19. The lowest BCUT2D eigenvalue weighted by Crippen LogP contribution is -2.29. The third-order valence-electron chi connectivity index (χ3n) is 4.09. The third-order valence-corrected chi connectivity index (χ3v) is 4.09. The van der Waals surface area contributed by atoms with Crippen molar-refractivity contribution < 1.29 is 4.79 Å². The van der Waals surface area contributed by atoms with Crippen molar-refractivity contribution in [3.63, 3.8) is 0 Å². The lowest BCUT2D eigenvalue weighted by molar-refractivity contribution is -0.116. The zero-order chi connectivity index (χ0) is 15.9. The molecule has 0 spiro atoms. The van der Waals surface area contributed by atoms with Crippen LogP contribution in [-0.2, 0) is 10.3 Å². The Balaban J connectivity index is 2.23. The van der Waals surface area contributed by atoms with Crippen LogP contribution < -0.4 is 5.32 Å². The number of nitrogens with zero attached hydrogens (tertiary/aromatic N) is 2. The summed E-state index contributed by atoms with van der Waals surface area (Å²) in [6, 6.07) is 12.2. The zero-order valence-corrected chi connectivity index (χ0v) is 13.1. The predicted molar refractivity (Wildman–Crippen MR) is 85.7 cm³/mol. The van der Waals surface area contributed by atoms with E-state index in [9.17, 15) is 10.1 Å². The summed E-state index contributed by atoms with van der Waals surface area (Å²) >= 11 is 0. The molecular formula is C18H19N3O. The van der Waals surface area contributed by atoms with Crippen molar-refractivity contribution in [3.8, 4) is 6.07 Å². The van der Waals surface area contributed by atoms with E-state index in [2.05, 4.69) is 32.2 Å². The summed E-state index contributed by atoms with van der Waals surface area (Å²) in [7, 11) is 0. The summed E-state index contributed by atoms with van der Waals surface area (Å²) in [5.41, 5.74) is 2.44. The number of benzene rings is 1. The van der Waals surface area contributed by atoms with Crippen LogP contribution in [0, 0.1) is 11.3 Å². The molecular weight excluding hydrogens is 274 g/mol. The van der Waals surface area contributed by atoms with Gasteiger partial charge in [0.25, 0.3) is 0 Å². The SMILES string of the molecule is CC(C)(C)n1cc(C#N)c2c1NC(=O)C[C@H]2c1ccccc1. The van der Waals surface area contributed by atoms with Crippen LogP contribution in [0.1, 0.15) is 49.8 Å². The maximum atomic E-state index is 12.2. The van der Waals surface area contributed by atoms with E-state index in [0.717, 1.165) is 16.9 Å². The van der Waals surface area contributed by atoms with E-state index < -0.39 is 0 Å². The van der Waals surface area contributed by atoms with Gasteiger partial charge in [0.05, 0.1) is 5.56 Å². The van der Waals surface area contributed by atoms with Gasteiger partial charge in [-0.15, -0.1) is 0 Å². The minimum Gasteiger partial charge on any atom is -0.328 e. The van der Waals surface area contributed by atoms with Crippen LogP contribution >= 0.6 is 0 Å². The summed E-state index contributed by atoms with van der Waals surface area (Å²) in [5, 5.41) is 12.5. The summed E-state index contributed by atoms with van der Waals surface area (Å²) in [6.07, 6.45) is 2.23. The molecule has 1 atom stereocenters. The van der Waals surface area contributed by atoms with Gasteiger partial charge < -0.3 is 9.88 Å². The maximum Gasteiger partial charge on any atom is 0.226 e. The smallest absolute Gasteiger partial charge is 0.226 e. The average molecular weight is 293 g/mol. The van der Waals surface area contributed by atoms with Gasteiger partial charge in [-0.3, -0.25) is 4.79 Å². The predicted octanol–water partition coefficient (Wildman–Crippen LogP) is 3.59. The number of anilines is 1. The van der Waals surface area contributed by atoms with E-state index in [0.29, 0.717) is 12.0 Å². The highest BCUT2D eigenvalue weighted by Gasteiger charge is 2.34. The number of amides is 1. The first kappa shape index (κ1) is 14.4.